The summed E-state index contributed by atoms with van der Waals surface area (Å²) >= 11 is 6.33. The van der Waals surface area contributed by atoms with Crippen molar-refractivity contribution in [1.82, 2.24) is 24.3 Å². The van der Waals surface area contributed by atoms with Gasteiger partial charge in [-0.3, -0.25) is 4.90 Å². The summed E-state index contributed by atoms with van der Waals surface area (Å²) in [5.41, 5.74) is 9.95. The fraction of sp³-hybridized carbons (Fsp3) is 0.379. The molecule has 2 aromatic heterocycles. The van der Waals surface area contributed by atoms with Crippen LogP contribution in [0, 0.1) is 5.82 Å². The molecular weight excluding hydrogens is 565 g/mol. The number of thiol groups is 1. The lowest BCUT2D eigenvalue weighted by Gasteiger charge is -2.41. The molecule has 2 aliphatic rings. The van der Waals surface area contributed by atoms with Gasteiger partial charge in [0.2, 0.25) is 0 Å². The molecule has 4 aromatic rings. The molecule has 2 fully saturated rings. The quantitative estimate of drug-likeness (QED) is 0.298. The molecule has 3 heterocycles. The molecule has 0 radical (unpaired) electrons. The van der Waals surface area contributed by atoms with Gasteiger partial charge in [-0.2, -0.15) is 0 Å². The van der Waals surface area contributed by atoms with Gasteiger partial charge in [0.1, 0.15) is 23.6 Å². The third kappa shape index (κ3) is 6.54. The van der Waals surface area contributed by atoms with Crippen molar-refractivity contribution in [3.8, 4) is 22.3 Å². The van der Waals surface area contributed by atoms with E-state index in [1.165, 1.54) is 19.2 Å². The van der Waals surface area contributed by atoms with Crippen molar-refractivity contribution in [2.75, 3.05) is 39.0 Å². The standard InChI is InChI=1S/C29H32ClFN6.H3NO2S/c1-35-12-14-36(15-13-35)20-7-9-21(10-8-20)37-17-24(27-28(32)33-18-34-29(27)37)19-6-11-23(26(31)16-19)22-4-2-3-5-25(22)30;1-4(2)3/h2-6,11,16-18,20-21H,7-10,12-15H2,1H3,(H2,32,33,34);4H,(H2,1,2,3). The van der Waals surface area contributed by atoms with E-state index in [9.17, 15) is 0 Å². The lowest BCUT2D eigenvalue weighted by molar-refractivity contribution is 0.0828. The van der Waals surface area contributed by atoms with Crippen LogP contribution >= 0.6 is 11.6 Å². The van der Waals surface area contributed by atoms with Gasteiger partial charge in [-0.05, 0) is 50.4 Å². The van der Waals surface area contributed by atoms with Gasteiger partial charge in [-0.1, -0.05) is 41.9 Å². The number of hydrogen-bond donors (Lipinski definition) is 3. The minimum atomic E-state index is -2.62. The third-order valence-electron chi connectivity index (χ3n) is 8.20. The van der Waals surface area contributed by atoms with E-state index < -0.39 is 10.9 Å². The number of aromatic nitrogens is 3. The summed E-state index contributed by atoms with van der Waals surface area (Å²) in [5, 5.41) is 5.37. The maximum Gasteiger partial charge on any atom is 0.198 e. The van der Waals surface area contributed by atoms with Crippen LogP contribution in [0.1, 0.15) is 31.7 Å². The molecule has 0 bridgehead atoms. The van der Waals surface area contributed by atoms with Crippen LogP contribution in [-0.4, -0.2) is 72.0 Å². The summed E-state index contributed by atoms with van der Waals surface area (Å²) in [5.74, 6) is 0.0927. The number of piperazine rings is 1. The Balaban J connectivity index is 0.000000794. The normalized spacial score (nSPS) is 20.2. The monoisotopic (exact) mass is 599 g/mol. The first kappa shape index (κ1) is 29.4. The largest absolute Gasteiger partial charge is 0.383 e. The van der Waals surface area contributed by atoms with E-state index in [4.69, 9.17) is 25.8 Å². The van der Waals surface area contributed by atoms with Crippen LogP contribution in [0.5, 0.6) is 0 Å². The maximum absolute atomic E-state index is 15.4. The molecule has 218 valence electrons. The Hall–Kier alpha value is -3.09. The van der Waals surface area contributed by atoms with Crippen LogP contribution < -0.4 is 10.9 Å². The number of hydrogen-bond acceptors (Lipinski definition) is 7. The van der Waals surface area contributed by atoms with Crippen LogP contribution in [0.2, 0.25) is 5.02 Å². The number of halogens is 2. The number of nitrogens with zero attached hydrogens (tertiary/aromatic N) is 5. The van der Waals surface area contributed by atoms with Crippen molar-refractivity contribution in [3.63, 3.8) is 0 Å². The summed E-state index contributed by atoms with van der Waals surface area (Å²) in [6, 6.07) is 13.6. The molecule has 9 nitrogen and oxygen atoms in total. The zero-order valence-electron chi connectivity index (χ0n) is 22.9. The Kier molecular flexibility index (Phi) is 9.20. The highest BCUT2D eigenvalue weighted by molar-refractivity contribution is 7.69. The molecule has 12 heteroatoms. The van der Waals surface area contributed by atoms with Crippen LogP contribution in [0.3, 0.4) is 0 Å². The number of likely N-dealkylation sites (N-methyl/N-ethyl adjacent to an activating group) is 1. The highest BCUT2D eigenvalue weighted by atomic mass is 35.5. The molecule has 1 saturated carbocycles. The number of nitrogen functional groups attached to an aromatic ring is 1. The van der Waals surface area contributed by atoms with Crippen molar-refractivity contribution in [3.05, 3.63) is 65.8 Å². The fourth-order valence-corrected chi connectivity index (χ4v) is 6.31. The zero-order chi connectivity index (χ0) is 29.1. The Labute approximate surface area is 246 Å². The average Bonchev–Trinajstić information content (AvgIpc) is 3.35. The van der Waals surface area contributed by atoms with Crippen LogP contribution in [0.25, 0.3) is 33.3 Å². The highest BCUT2D eigenvalue weighted by Gasteiger charge is 2.30. The lowest BCUT2D eigenvalue weighted by Crippen LogP contribution is -2.49. The smallest absolute Gasteiger partial charge is 0.198 e. The molecule has 0 unspecified atom stereocenters. The van der Waals surface area contributed by atoms with E-state index in [0.717, 1.165) is 61.2 Å². The summed E-state index contributed by atoms with van der Waals surface area (Å²) in [4.78, 5) is 14.0. The van der Waals surface area contributed by atoms with Crippen LogP contribution in [-0.2, 0) is 10.9 Å². The summed E-state index contributed by atoms with van der Waals surface area (Å²) in [7, 11) is -0.419. The SMILES string of the molecule is CN1CCN(C2CCC(n3cc(-c4ccc(-c5ccccc5Cl)c(F)c4)c4c(N)ncnc43)CC2)CC1.N[SH](=O)=O. The first-order valence-corrected chi connectivity index (χ1v) is 15.3. The van der Waals surface area contributed by atoms with Gasteiger partial charge in [0.25, 0.3) is 0 Å². The predicted octanol–water partition coefficient (Wildman–Crippen LogP) is 4.34. The van der Waals surface area contributed by atoms with E-state index in [-0.39, 0.29) is 5.82 Å². The van der Waals surface area contributed by atoms with E-state index in [0.29, 0.717) is 34.1 Å². The average molecular weight is 600 g/mol. The van der Waals surface area contributed by atoms with Gasteiger partial charge in [-0.15, -0.1) is 0 Å². The summed E-state index contributed by atoms with van der Waals surface area (Å²) < 4.78 is 35.3. The van der Waals surface area contributed by atoms with Gasteiger partial charge in [0, 0.05) is 66.2 Å². The molecular formula is C29H35ClFN7O2S. The van der Waals surface area contributed by atoms with Gasteiger partial charge in [0.15, 0.2) is 10.9 Å². The fourth-order valence-electron chi connectivity index (χ4n) is 6.07. The number of rotatable bonds is 4. The van der Waals surface area contributed by atoms with Gasteiger partial charge < -0.3 is 15.2 Å². The lowest BCUT2D eigenvalue weighted by atomic mass is 9.89. The Morgan fingerprint density at radius 3 is 2.24 bits per heavy atom. The third-order valence-corrected chi connectivity index (χ3v) is 8.53. The Bertz CT molecular complexity index is 1590. The topological polar surface area (TPSA) is 123 Å². The van der Waals surface area contributed by atoms with Gasteiger partial charge in [0.05, 0.1) is 5.39 Å². The van der Waals surface area contributed by atoms with Crippen molar-refractivity contribution < 1.29 is 12.8 Å². The predicted molar refractivity (Wildman–Crippen MR) is 163 cm³/mol. The van der Waals surface area contributed by atoms with E-state index >= 15 is 4.39 Å². The molecule has 2 aromatic carbocycles. The van der Waals surface area contributed by atoms with E-state index in [2.05, 4.69) is 42.7 Å². The molecule has 41 heavy (non-hydrogen) atoms. The number of anilines is 1. The molecule has 0 spiro atoms. The molecule has 0 atom stereocenters. The van der Waals surface area contributed by atoms with Crippen molar-refractivity contribution in [1.29, 1.82) is 0 Å². The summed E-state index contributed by atoms with van der Waals surface area (Å²) in [6.45, 7) is 4.60. The highest BCUT2D eigenvalue weighted by Crippen LogP contribution is 2.40. The number of nitrogens with two attached hydrogens (primary N) is 2. The molecule has 6 rings (SSSR count). The maximum atomic E-state index is 15.4. The van der Waals surface area contributed by atoms with Crippen molar-refractivity contribution >= 4 is 39.3 Å². The van der Waals surface area contributed by atoms with Crippen LogP contribution in [0.15, 0.2) is 55.0 Å². The van der Waals surface area contributed by atoms with E-state index in [1.807, 2.05) is 24.3 Å². The van der Waals surface area contributed by atoms with Gasteiger partial charge >= 0.3 is 0 Å². The summed E-state index contributed by atoms with van der Waals surface area (Å²) in [6.07, 6.45) is 8.14. The van der Waals surface area contributed by atoms with Crippen LogP contribution in [0.4, 0.5) is 10.2 Å². The van der Waals surface area contributed by atoms with Gasteiger partial charge in [-0.25, -0.2) is 27.9 Å². The zero-order valence-corrected chi connectivity index (χ0v) is 24.6. The van der Waals surface area contributed by atoms with Crippen molar-refractivity contribution in [2.24, 2.45) is 5.14 Å². The molecule has 1 saturated heterocycles. The molecule has 1 aliphatic heterocycles. The van der Waals surface area contributed by atoms with Crippen molar-refractivity contribution in [2.45, 2.75) is 37.8 Å². The Morgan fingerprint density at radius 2 is 1.59 bits per heavy atom. The second kappa shape index (κ2) is 12.8. The molecule has 1 aliphatic carbocycles. The Morgan fingerprint density at radius 1 is 0.927 bits per heavy atom. The van der Waals surface area contributed by atoms with E-state index in [1.54, 1.807) is 18.2 Å². The second-order valence-electron chi connectivity index (χ2n) is 10.7. The second-order valence-corrected chi connectivity index (χ2v) is 11.6. The minimum Gasteiger partial charge on any atom is -0.383 e. The number of benzene rings is 2. The minimum absolute atomic E-state index is 0.324. The first-order chi connectivity index (χ1) is 19.7. The molecule has 0 amide bonds. The molecule has 4 N–H and O–H groups in total. The first-order valence-electron chi connectivity index (χ1n) is 13.7. The number of fused-ring (bicyclic) bond motifs is 1.